The number of carbonyl (C=O) groups is 1. The molecule has 1 aromatic rings. The third-order valence-electron chi connectivity index (χ3n) is 6.74. The number of aliphatic imine (C=N–C) groups is 1. The van der Waals surface area contributed by atoms with Crippen molar-refractivity contribution in [3.05, 3.63) is 34.2 Å². The summed E-state index contributed by atoms with van der Waals surface area (Å²) in [4.78, 5) is 25.5. The molecule has 1 saturated heterocycles. The molecule has 4 aliphatic rings. The molecule has 2 saturated carbocycles. The standard InChI is InChI=1S/C24H31N3OS2/c1-2-26-19-15-9-10-16-20(19)29-23(26)21-22(28)27(18-13-7-4-8-14-18)24(30-21)25-17-11-5-3-6-12-17/h9-10,15-18H,2-8,11-14H2,1H3. The summed E-state index contributed by atoms with van der Waals surface area (Å²) >= 11 is 3.39. The molecule has 1 amide bonds. The minimum absolute atomic E-state index is 0.190. The number of anilines is 1. The van der Waals surface area contributed by atoms with Crippen LogP contribution < -0.4 is 4.90 Å². The lowest BCUT2D eigenvalue weighted by Crippen LogP contribution is -2.41. The Balaban J connectivity index is 1.51. The summed E-state index contributed by atoms with van der Waals surface area (Å²) in [6.45, 7) is 3.04. The average Bonchev–Trinajstić information content (AvgIpc) is 3.32. The Morgan fingerprint density at radius 2 is 1.67 bits per heavy atom. The molecule has 0 radical (unpaired) electrons. The van der Waals surface area contributed by atoms with Crippen molar-refractivity contribution in [2.45, 2.75) is 88.1 Å². The second-order valence-corrected chi connectivity index (χ2v) is 10.7. The van der Waals surface area contributed by atoms with Crippen molar-refractivity contribution in [2.75, 3.05) is 11.4 Å². The van der Waals surface area contributed by atoms with Gasteiger partial charge in [0.25, 0.3) is 5.91 Å². The molecule has 0 aromatic heterocycles. The number of amides is 1. The van der Waals surface area contributed by atoms with Gasteiger partial charge in [0.1, 0.15) is 9.93 Å². The van der Waals surface area contributed by atoms with Gasteiger partial charge in [0, 0.05) is 17.5 Å². The number of benzene rings is 1. The molecular weight excluding hydrogens is 410 g/mol. The van der Waals surface area contributed by atoms with E-state index in [0.717, 1.165) is 34.5 Å². The number of carbonyl (C=O) groups excluding carboxylic acids is 1. The van der Waals surface area contributed by atoms with Crippen LogP contribution in [-0.4, -0.2) is 34.6 Å². The molecule has 0 N–H and O–H groups in total. The zero-order valence-electron chi connectivity index (χ0n) is 17.8. The highest BCUT2D eigenvalue weighted by Gasteiger charge is 2.43. The fraction of sp³-hybridized carbons (Fsp3) is 0.583. The first-order chi connectivity index (χ1) is 14.8. The normalized spacial score (nSPS) is 27.4. The van der Waals surface area contributed by atoms with Crippen LogP contribution in [0.1, 0.15) is 71.1 Å². The highest BCUT2D eigenvalue weighted by atomic mass is 32.2. The number of hydrogen-bond donors (Lipinski definition) is 0. The predicted octanol–water partition coefficient (Wildman–Crippen LogP) is 6.38. The second-order valence-electron chi connectivity index (χ2n) is 8.72. The van der Waals surface area contributed by atoms with Crippen LogP contribution in [0.25, 0.3) is 0 Å². The number of hydrogen-bond acceptors (Lipinski definition) is 5. The molecule has 5 rings (SSSR count). The predicted molar refractivity (Wildman–Crippen MR) is 128 cm³/mol. The highest BCUT2D eigenvalue weighted by molar-refractivity contribution is 8.19. The molecule has 160 valence electrons. The van der Waals surface area contributed by atoms with E-state index in [4.69, 9.17) is 4.99 Å². The van der Waals surface area contributed by atoms with E-state index >= 15 is 0 Å². The smallest absolute Gasteiger partial charge is 0.269 e. The summed E-state index contributed by atoms with van der Waals surface area (Å²) in [7, 11) is 0. The maximum Gasteiger partial charge on any atom is 0.269 e. The van der Waals surface area contributed by atoms with Gasteiger partial charge in [-0.1, -0.05) is 62.4 Å². The van der Waals surface area contributed by atoms with E-state index in [2.05, 4.69) is 41.0 Å². The van der Waals surface area contributed by atoms with Crippen LogP contribution in [0.15, 0.2) is 44.1 Å². The molecule has 1 aromatic carbocycles. The Kier molecular flexibility index (Phi) is 6.15. The number of fused-ring (bicyclic) bond motifs is 1. The van der Waals surface area contributed by atoms with Crippen molar-refractivity contribution in [3.8, 4) is 0 Å². The van der Waals surface area contributed by atoms with E-state index in [9.17, 15) is 4.79 Å². The van der Waals surface area contributed by atoms with E-state index in [1.807, 2.05) is 0 Å². The van der Waals surface area contributed by atoms with Gasteiger partial charge in [-0.3, -0.25) is 14.7 Å². The average molecular weight is 442 g/mol. The summed E-state index contributed by atoms with van der Waals surface area (Å²) in [6, 6.07) is 9.21. The van der Waals surface area contributed by atoms with Crippen LogP contribution >= 0.6 is 23.5 Å². The highest BCUT2D eigenvalue weighted by Crippen LogP contribution is 2.51. The molecule has 0 bridgehead atoms. The maximum absolute atomic E-state index is 13.8. The molecule has 4 nitrogen and oxygen atoms in total. The maximum atomic E-state index is 13.8. The Morgan fingerprint density at radius 1 is 0.967 bits per heavy atom. The first-order valence-electron chi connectivity index (χ1n) is 11.6. The van der Waals surface area contributed by atoms with Crippen LogP contribution in [-0.2, 0) is 4.79 Å². The molecule has 0 unspecified atom stereocenters. The van der Waals surface area contributed by atoms with E-state index in [1.54, 1.807) is 23.5 Å². The first-order valence-corrected chi connectivity index (χ1v) is 13.3. The van der Waals surface area contributed by atoms with Gasteiger partial charge >= 0.3 is 0 Å². The number of rotatable bonds is 3. The topological polar surface area (TPSA) is 35.9 Å². The Bertz CT molecular complexity index is 869. The summed E-state index contributed by atoms with van der Waals surface area (Å²) in [5.74, 6) is 0.190. The molecule has 0 atom stereocenters. The van der Waals surface area contributed by atoms with Crippen molar-refractivity contribution in [3.63, 3.8) is 0 Å². The van der Waals surface area contributed by atoms with Crippen LogP contribution in [0, 0.1) is 0 Å². The number of para-hydroxylation sites is 1. The van der Waals surface area contributed by atoms with Gasteiger partial charge in [0.15, 0.2) is 5.17 Å². The minimum Gasteiger partial charge on any atom is -0.334 e. The molecule has 2 aliphatic carbocycles. The van der Waals surface area contributed by atoms with Gasteiger partial charge in [0.05, 0.1) is 11.7 Å². The van der Waals surface area contributed by atoms with Gasteiger partial charge in [-0.15, -0.1) is 0 Å². The largest absolute Gasteiger partial charge is 0.334 e. The Hall–Kier alpha value is -1.40. The van der Waals surface area contributed by atoms with Crippen LogP contribution in [0.2, 0.25) is 0 Å². The van der Waals surface area contributed by atoms with Gasteiger partial charge in [0.2, 0.25) is 0 Å². The summed E-state index contributed by atoms with van der Waals surface area (Å²) in [5, 5.41) is 2.08. The molecular formula is C24H31N3OS2. The second kappa shape index (κ2) is 8.99. The minimum atomic E-state index is 0.190. The van der Waals surface area contributed by atoms with E-state index in [0.29, 0.717) is 12.1 Å². The third-order valence-corrected chi connectivity index (χ3v) is 9.11. The quantitative estimate of drug-likeness (QED) is 0.510. The van der Waals surface area contributed by atoms with Crippen LogP contribution in [0.5, 0.6) is 0 Å². The fourth-order valence-electron chi connectivity index (χ4n) is 5.15. The molecule has 6 heteroatoms. The number of amidine groups is 1. The van der Waals surface area contributed by atoms with Crippen LogP contribution in [0.4, 0.5) is 5.69 Å². The number of nitrogens with zero attached hydrogens (tertiary/aromatic N) is 3. The van der Waals surface area contributed by atoms with Crippen molar-refractivity contribution >= 4 is 40.3 Å². The zero-order valence-corrected chi connectivity index (χ0v) is 19.4. The van der Waals surface area contributed by atoms with Crippen LogP contribution in [0.3, 0.4) is 0 Å². The van der Waals surface area contributed by atoms with Crippen molar-refractivity contribution in [1.29, 1.82) is 0 Å². The summed E-state index contributed by atoms with van der Waals surface area (Å²) < 4.78 is 0. The summed E-state index contributed by atoms with van der Waals surface area (Å²) in [5.41, 5.74) is 1.22. The molecule has 3 fully saturated rings. The molecule has 30 heavy (non-hydrogen) atoms. The molecule has 2 heterocycles. The SMILES string of the molecule is CCN1C(=C2SC(=NC3CCCCC3)N(C3CCCCC3)C2=O)Sc2ccccc21. The molecule has 2 aliphatic heterocycles. The van der Waals surface area contributed by atoms with Crippen molar-refractivity contribution in [1.82, 2.24) is 4.90 Å². The van der Waals surface area contributed by atoms with E-state index < -0.39 is 0 Å². The lowest BCUT2D eigenvalue weighted by molar-refractivity contribution is -0.124. The van der Waals surface area contributed by atoms with E-state index in [1.165, 1.54) is 61.9 Å². The Morgan fingerprint density at radius 3 is 2.40 bits per heavy atom. The lowest BCUT2D eigenvalue weighted by Gasteiger charge is -2.31. The fourth-order valence-corrected chi connectivity index (χ4v) is 7.65. The zero-order chi connectivity index (χ0) is 20.5. The monoisotopic (exact) mass is 441 g/mol. The first kappa shape index (κ1) is 20.5. The van der Waals surface area contributed by atoms with Gasteiger partial charge in [-0.05, 0) is 56.5 Å². The van der Waals surface area contributed by atoms with Gasteiger partial charge < -0.3 is 4.90 Å². The third kappa shape index (κ3) is 3.81. The van der Waals surface area contributed by atoms with Crippen molar-refractivity contribution < 1.29 is 4.79 Å². The van der Waals surface area contributed by atoms with Gasteiger partial charge in [-0.2, -0.15) is 0 Å². The Labute approximate surface area is 188 Å². The lowest BCUT2D eigenvalue weighted by atomic mass is 9.94. The number of thioether (sulfide) groups is 2. The van der Waals surface area contributed by atoms with E-state index in [-0.39, 0.29) is 5.91 Å². The molecule has 0 spiro atoms. The van der Waals surface area contributed by atoms with Gasteiger partial charge in [-0.25, -0.2) is 0 Å². The summed E-state index contributed by atoms with van der Waals surface area (Å²) in [6.07, 6.45) is 12.2. The van der Waals surface area contributed by atoms with Crippen molar-refractivity contribution in [2.24, 2.45) is 4.99 Å².